The largest absolute Gasteiger partial charge is 0.343 e. The molecule has 1 atom stereocenters. The topological polar surface area (TPSA) is 60.9 Å². The summed E-state index contributed by atoms with van der Waals surface area (Å²) in [6.45, 7) is 8.51. The van der Waals surface area contributed by atoms with Crippen molar-refractivity contribution in [1.82, 2.24) is 14.7 Å². The fourth-order valence-corrected chi connectivity index (χ4v) is 3.85. The number of carbonyl (C=O) groups is 3. The molecule has 2 saturated heterocycles. The molecule has 0 bridgehead atoms. The van der Waals surface area contributed by atoms with E-state index in [1.165, 1.54) is 11.1 Å². The van der Waals surface area contributed by atoms with E-state index < -0.39 is 6.04 Å². The lowest BCUT2D eigenvalue weighted by molar-refractivity contribution is -0.155. The van der Waals surface area contributed by atoms with Gasteiger partial charge in [-0.25, -0.2) is 0 Å². The number of piperazine rings is 1. The number of hydrogen-bond donors (Lipinski definition) is 0. The monoisotopic (exact) mass is 371 g/mol. The Labute approximate surface area is 161 Å². The molecule has 1 aromatic rings. The van der Waals surface area contributed by atoms with Crippen molar-refractivity contribution in [3.63, 3.8) is 0 Å². The van der Waals surface area contributed by atoms with E-state index in [-0.39, 0.29) is 24.3 Å². The van der Waals surface area contributed by atoms with Gasteiger partial charge in [0.2, 0.25) is 17.7 Å². The number of likely N-dealkylation sites (tertiary alicyclic amines) is 1. The highest BCUT2D eigenvalue weighted by atomic mass is 16.2. The van der Waals surface area contributed by atoms with Crippen LogP contribution in [0.4, 0.5) is 0 Å². The van der Waals surface area contributed by atoms with Crippen LogP contribution in [0.5, 0.6) is 0 Å². The van der Waals surface area contributed by atoms with E-state index in [9.17, 15) is 14.4 Å². The SMILES string of the molecule is Cc1ccc(CN2C(=O)CN(CCCN3CCCC3=O)C(=O)[C@@H]2C)cc1C. The van der Waals surface area contributed by atoms with Crippen molar-refractivity contribution in [2.24, 2.45) is 0 Å². The lowest BCUT2D eigenvalue weighted by Crippen LogP contribution is -2.58. The summed E-state index contributed by atoms with van der Waals surface area (Å²) in [4.78, 5) is 42.2. The Morgan fingerprint density at radius 3 is 2.41 bits per heavy atom. The molecule has 2 fully saturated rings. The lowest BCUT2D eigenvalue weighted by Gasteiger charge is -2.39. The van der Waals surface area contributed by atoms with Crippen LogP contribution in [0.1, 0.15) is 42.9 Å². The number of rotatable bonds is 6. The van der Waals surface area contributed by atoms with Gasteiger partial charge in [-0.1, -0.05) is 18.2 Å². The normalized spacial score (nSPS) is 20.8. The second-order valence-corrected chi connectivity index (χ2v) is 7.71. The molecule has 3 amide bonds. The quantitative estimate of drug-likeness (QED) is 0.767. The molecule has 6 nitrogen and oxygen atoms in total. The average Bonchev–Trinajstić information content (AvgIpc) is 3.04. The third-order valence-electron chi connectivity index (χ3n) is 5.73. The molecule has 2 aliphatic heterocycles. The van der Waals surface area contributed by atoms with E-state index in [2.05, 4.69) is 26.0 Å². The van der Waals surface area contributed by atoms with Gasteiger partial charge in [0.05, 0.1) is 6.54 Å². The van der Waals surface area contributed by atoms with Crippen LogP contribution in [0.2, 0.25) is 0 Å². The van der Waals surface area contributed by atoms with Crippen LogP contribution in [0, 0.1) is 13.8 Å². The van der Waals surface area contributed by atoms with Crippen molar-refractivity contribution in [3.05, 3.63) is 34.9 Å². The molecule has 0 aliphatic carbocycles. The Bertz CT molecular complexity index is 746. The fraction of sp³-hybridized carbons (Fsp3) is 0.571. The predicted octanol–water partition coefficient (Wildman–Crippen LogP) is 1.88. The summed E-state index contributed by atoms with van der Waals surface area (Å²) in [5.41, 5.74) is 3.46. The van der Waals surface area contributed by atoms with Gasteiger partial charge in [0.1, 0.15) is 6.04 Å². The van der Waals surface area contributed by atoms with Crippen LogP contribution in [0.15, 0.2) is 18.2 Å². The van der Waals surface area contributed by atoms with Gasteiger partial charge in [-0.05, 0) is 50.3 Å². The first-order chi connectivity index (χ1) is 12.9. The van der Waals surface area contributed by atoms with E-state index in [4.69, 9.17) is 0 Å². The van der Waals surface area contributed by atoms with E-state index in [0.717, 1.165) is 18.5 Å². The number of carbonyl (C=O) groups excluding carboxylic acids is 3. The molecule has 0 N–H and O–H groups in total. The number of hydrogen-bond acceptors (Lipinski definition) is 3. The zero-order valence-corrected chi connectivity index (χ0v) is 16.5. The Kier molecular flexibility index (Phi) is 5.82. The Balaban J connectivity index is 1.56. The third kappa shape index (κ3) is 4.31. The van der Waals surface area contributed by atoms with Gasteiger partial charge >= 0.3 is 0 Å². The highest BCUT2D eigenvalue weighted by Gasteiger charge is 2.36. The smallest absolute Gasteiger partial charge is 0.245 e. The minimum absolute atomic E-state index is 0.00816. The molecule has 0 unspecified atom stereocenters. The van der Waals surface area contributed by atoms with Crippen LogP contribution in [0.3, 0.4) is 0 Å². The molecular weight excluding hydrogens is 342 g/mol. The maximum atomic E-state index is 12.7. The molecule has 146 valence electrons. The van der Waals surface area contributed by atoms with Gasteiger partial charge in [-0.2, -0.15) is 0 Å². The highest BCUT2D eigenvalue weighted by molar-refractivity contribution is 5.94. The van der Waals surface area contributed by atoms with Gasteiger partial charge in [0.25, 0.3) is 0 Å². The molecule has 0 saturated carbocycles. The summed E-state index contributed by atoms with van der Waals surface area (Å²) < 4.78 is 0. The summed E-state index contributed by atoms with van der Waals surface area (Å²) in [5.74, 6) is 0.174. The van der Waals surface area contributed by atoms with E-state index in [1.807, 2.05) is 11.0 Å². The molecule has 0 spiro atoms. The fourth-order valence-electron chi connectivity index (χ4n) is 3.85. The molecule has 3 rings (SSSR count). The summed E-state index contributed by atoms with van der Waals surface area (Å²) in [6.07, 6.45) is 2.27. The molecule has 2 aliphatic rings. The summed E-state index contributed by atoms with van der Waals surface area (Å²) in [6, 6.07) is 5.70. The maximum Gasteiger partial charge on any atom is 0.245 e. The molecular formula is C21H29N3O3. The molecule has 0 aromatic heterocycles. The van der Waals surface area contributed by atoms with Crippen LogP contribution in [0.25, 0.3) is 0 Å². The predicted molar refractivity (Wildman–Crippen MR) is 103 cm³/mol. The van der Waals surface area contributed by atoms with Crippen LogP contribution in [-0.2, 0) is 20.9 Å². The first-order valence-electron chi connectivity index (χ1n) is 9.79. The minimum Gasteiger partial charge on any atom is -0.343 e. The Morgan fingerprint density at radius 1 is 1.00 bits per heavy atom. The molecule has 27 heavy (non-hydrogen) atoms. The number of nitrogens with zero attached hydrogens (tertiary/aromatic N) is 3. The van der Waals surface area contributed by atoms with Gasteiger partial charge in [0.15, 0.2) is 0 Å². The maximum absolute atomic E-state index is 12.7. The summed E-state index contributed by atoms with van der Waals surface area (Å²) in [7, 11) is 0. The summed E-state index contributed by atoms with van der Waals surface area (Å²) >= 11 is 0. The lowest BCUT2D eigenvalue weighted by atomic mass is 10.0. The van der Waals surface area contributed by atoms with Crippen molar-refractivity contribution >= 4 is 17.7 Å². The highest BCUT2D eigenvalue weighted by Crippen LogP contribution is 2.19. The van der Waals surface area contributed by atoms with Crippen molar-refractivity contribution in [1.29, 1.82) is 0 Å². The minimum atomic E-state index is -0.457. The van der Waals surface area contributed by atoms with Gasteiger partial charge < -0.3 is 14.7 Å². The molecule has 6 heteroatoms. The number of aryl methyl sites for hydroxylation is 2. The van der Waals surface area contributed by atoms with Crippen molar-refractivity contribution < 1.29 is 14.4 Å². The zero-order chi connectivity index (χ0) is 19.6. The zero-order valence-electron chi connectivity index (χ0n) is 16.5. The Hall–Kier alpha value is -2.37. The van der Waals surface area contributed by atoms with Gasteiger partial charge in [-0.3, -0.25) is 14.4 Å². The van der Waals surface area contributed by atoms with Crippen molar-refractivity contribution in [3.8, 4) is 0 Å². The second kappa shape index (κ2) is 8.11. The van der Waals surface area contributed by atoms with E-state index in [0.29, 0.717) is 32.5 Å². The van der Waals surface area contributed by atoms with E-state index >= 15 is 0 Å². The third-order valence-corrected chi connectivity index (χ3v) is 5.73. The van der Waals surface area contributed by atoms with Crippen LogP contribution >= 0.6 is 0 Å². The number of benzene rings is 1. The molecule has 1 aromatic carbocycles. The average molecular weight is 371 g/mol. The van der Waals surface area contributed by atoms with Crippen molar-refractivity contribution in [2.75, 3.05) is 26.2 Å². The number of amides is 3. The van der Waals surface area contributed by atoms with E-state index in [1.54, 1.807) is 16.7 Å². The second-order valence-electron chi connectivity index (χ2n) is 7.71. The van der Waals surface area contributed by atoms with Gasteiger partial charge in [-0.15, -0.1) is 0 Å². The van der Waals surface area contributed by atoms with Gasteiger partial charge in [0, 0.05) is 32.6 Å². The first-order valence-corrected chi connectivity index (χ1v) is 9.79. The molecule has 0 radical (unpaired) electrons. The molecule has 2 heterocycles. The Morgan fingerprint density at radius 2 is 1.74 bits per heavy atom. The first kappa shape index (κ1) is 19.4. The summed E-state index contributed by atoms with van der Waals surface area (Å²) in [5, 5.41) is 0. The standard InChI is InChI=1S/C21H29N3O3/c1-15-7-8-18(12-16(15)2)13-24-17(3)21(27)23(14-20(24)26)11-5-10-22-9-4-6-19(22)25/h7-8,12,17H,4-6,9-11,13-14H2,1-3H3/t17-/m0/s1. The van der Waals surface area contributed by atoms with Crippen LogP contribution < -0.4 is 0 Å². The van der Waals surface area contributed by atoms with Crippen LogP contribution in [-0.4, -0.2) is 64.6 Å². The van der Waals surface area contributed by atoms with Crippen molar-refractivity contribution in [2.45, 2.75) is 52.6 Å².